The largest absolute Gasteiger partial charge is 0.508 e. The second-order valence-corrected chi connectivity index (χ2v) is 5.16. The number of carbonyl (C=O) groups excluding carboxylic acids is 1. The summed E-state index contributed by atoms with van der Waals surface area (Å²) in [4.78, 5) is 11.8. The quantitative estimate of drug-likeness (QED) is 0.497. The predicted molar refractivity (Wildman–Crippen MR) is 83.1 cm³/mol. The van der Waals surface area contributed by atoms with Crippen LogP contribution in [0.3, 0.4) is 0 Å². The molecule has 2 rings (SSSR count). The van der Waals surface area contributed by atoms with Crippen LogP contribution in [-0.2, 0) is 16.0 Å². The number of ether oxygens (including phenoxy) is 1. The molecule has 0 bridgehead atoms. The third-order valence-corrected chi connectivity index (χ3v) is 3.56. The van der Waals surface area contributed by atoms with Crippen molar-refractivity contribution < 1.29 is 35.1 Å². The zero-order valence-electron chi connectivity index (χ0n) is 13.0. The van der Waals surface area contributed by atoms with Gasteiger partial charge in [-0.25, -0.2) is 4.79 Å². The van der Waals surface area contributed by atoms with Gasteiger partial charge >= 0.3 is 5.97 Å². The molecule has 1 unspecified atom stereocenters. The van der Waals surface area contributed by atoms with Crippen molar-refractivity contribution in [2.75, 3.05) is 13.2 Å². The number of hydrogen-bond acceptors (Lipinski definition) is 7. The summed E-state index contributed by atoms with van der Waals surface area (Å²) < 4.78 is 5.68. The van der Waals surface area contributed by atoms with Crippen molar-refractivity contribution in [3.63, 3.8) is 0 Å². The molecule has 0 amide bonds. The van der Waals surface area contributed by atoms with E-state index in [0.717, 1.165) is 10.6 Å². The second kappa shape index (κ2) is 7.14. The van der Waals surface area contributed by atoms with E-state index in [2.05, 4.69) is 0 Å². The minimum absolute atomic E-state index is 0.0412. The monoisotopic (exact) mass is 337 g/mol. The van der Waals surface area contributed by atoms with E-state index >= 15 is 0 Å². The highest BCUT2D eigenvalue weighted by molar-refractivity contribution is 5.75. The van der Waals surface area contributed by atoms with E-state index < -0.39 is 30.4 Å². The van der Waals surface area contributed by atoms with Crippen molar-refractivity contribution in [1.82, 2.24) is 4.57 Å². The van der Waals surface area contributed by atoms with Crippen LogP contribution < -0.4 is 0 Å². The van der Waals surface area contributed by atoms with Crippen molar-refractivity contribution in [3.05, 3.63) is 35.4 Å². The van der Waals surface area contributed by atoms with Gasteiger partial charge in [-0.2, -0.15) is 0 Å². The number of carbonyl (C=O) groups is 1. The highest BCUT2D eigenvalue weighted by Crippen LogP contribution is 2.35. The van der Waals surface area contributed by atoms with E-state index in [0.29, 0.717) is 5.56 Å². The van der Waals surface area contributed by atoms with Crippen LogP contribution >= 0.6 is 0 Å². The number of benzene rings is 1. The summed E-state index contributed by atoms with van der Waals surface area (Å²) >= 11 is 0. The third-order valence-electron chi connectivity index (χ3n) is 3.56. The Balaban J connectivity index is 2.36. The van der Waals surface area contributed by atoms with Gasteiger partial charge in [-0.3, -0.25) is 4.57 Å². The Labute approximate surface area is 137 Å². The summed E-state index contributed by atoms with van der Waals surface area (Å²) in [6.07, 6.45) is 0.0412. The average Bonchev–Trinajstić information content (AvgIpc) is 2.79. The van der Waals surface area contributed by atoms with E-state index in [1.165, 1.54) is 18.2 Å². The van der Waals surface area contributed by atoms with Gasteiger partial charge in [-0.1, -0.05) is 6.07 Å². The number of nitrogens with zero attached hydrogens (tertiary/aromatic N) is 1. The highest BCUT2D eigenvalue weighted by Gasteiger charge is 2.28. The number of rotatable bonds is 6. The van der Waals surface area contributed by atoms with Crippen LogP contribution in [-0.4, -0.2) is 49.3 Å². The van der Waals surface area contributed by atoms with Gasteiger partial charge in [-0.15, -0.1) is 0 Å². The van der Waals surface area contributed by atoms with Crippen LogP contribution in [0.5, 0.6) is 23.3 Å². The summed E-state index contributed by atoms with van der Waals surface area (Å²) in [5, 5.41) is 48.8. The molecule has 0 aliphatic rings. The molecule has 8 nitrogen and oxygen atoms in total. The van der Waals surface area contributed by atoms with Crippen molar-refractivity contribution in [2.24, 2.45) is 0 Å². The summed E-state index contributed by atoms with van der Waals surface area (Å²) in [5.74, 6) is -1.92. The molecule has 0 aliphatic carbocycles. The minimum Gasteiger partial charge on any atom is -0.508 e. The second-order valence-electron chi connectivity index (χ2n) is 5.16. The Bertz CT molecular complexity index is 738. The van der Waals surface area contributed by atoms with E-state index in [4.69, 9.17) is 4.74 Å². The summed E-state index contributed by atoms with van der Waals surface area (Å²) in [7, 11) is 0. The van der Waals surface area contributed by atoms with E-state index in [9.17, 15) is 30.3 Å². The number of esters is 1. The molecular formula is C16H19NO7. The number of aromatic nitrogens is 1. The van der Waals surface area contributed by atoms with Gasteiger partial charge in [0.05, 0.1) is 13.2 Å². The number of aromatic hydroxyl groups is 4. The first-order valence-corrected chi connectivity index (χ1v) is 7.29. The number of phenolic OH excluding ortho intramolecular Hbond substituents is 2. The summed E-state index contributed by atoms with van der Waals surface area (Å²) in [6.45, 7) is 1.02. The number of aliphatic hydroxyl groups excluding tert-OH is 1. The van der Waals surface area contributed by atoms with Crippen molar-refractivity contribution in [2.45, 2.75) is 19.4 Å². The fourth-order valence-corrected chi connectivity index (χ4v) is 2.40. The van der Waals surface area contributed by atoms with E-state index in [1.54, 1.807) is 6.92 Å². The smallest absolute Gasteiger partial charge is 0.331 e. The molecule has 0 saturated carbocycles. The molecule has 24 heavy (non-hydrogen) atoms. The number of phenols is 2. The molecule has 1 atom stereocenters. The van der Waals surface area contributed by atoms with Gasteiger partial charge in [-0.05, 0) is 18.6 Å². The molecule has 0 spiro atoms. The van der Waals surface area contributed by atoms with E-state index in [1.807, 2.05) is 0 Å². The fraction of sp³-hybridized carbons (Fsp3) is 0.312. The van der Waals surface area contributed by atoms with Crippen LogP contribution in [0.2, 0.25) is 0 Å². The van der Waals surface area contributed by atoms with Crippen molar-refractivity contribution in [1.29, 1.82) is 0 Å². The third kappa shape index (κ3) is 3.38. The maximum absolute atomic E-state index is 11.8. The summed E-state index contributed by atoms with van der Waals surface area (Å²) in [5.41, 5.74) is 0.633. The maximum Gasteiger partial charge on any atom is 0.331 e. The van der Waals surface area contributed by atoms with Gasteiger partial charge in [0.2, 0.25) is 0 Å². The molecule has 1 aromatic carbocycles. The van der Waals surface area contributed by atoms with Crippen molar-refractivity contribution in [3.8, 4) is 23.3 Å². The average molecular weight is 337 g/mol. The Morgan fingerprint density at radius 1 is 1.17 bits per heavy atom. The van der Waals surface area contributed by atoms with Crippen LogP contribution in [0.25, 0.3) is 0 Å². The Morgan fingerprint density at radius 2 is 1.88 bits per heavy atom. The van der Waals surface area contributed by atoms with Gasteiger partial charge in [0.25, 0.3) is 0 Å². The Kier molecular flexibility index (Phi) is 5.20. The lowest BCUT2D eigenvalue weighted by atomic mass is 10.1. The number of hydrogen-bond donors (Lipinski definition) is 5. The van der Waals surface area contributed by atoms with Crippen LogP contribution in [0.4, 0.5) is 0 Å². The summed E-state index contributed by atoms with van der Waals surface area (Å²) in [6, 6.07) is 3.93. The minimum atomic E-state index is -1.29. The van der Waals surface area contributed by atoms with Gasteiger partial charge in [0, 0.05) is 24.1 Å². The van der Waals surface area contributed by atoms with Gasteiger partial charge in [0.1, 0.15) is 11.5 Å². The topological polar surface area (TPSA) is 132 Å². The Hall–Kier alpha value is -2.87. The standard InChI is InChI=1S/C16H19NO7/c1-2-24-16(23)12(8-18)17-14(21)6-10(15(17)22)5-9-3-4-11(19)7-13(9)20/h3-4,6-7,12,18-22H,2,5,8H2,1H3. The lowest BCUT2D eigenvalue weighted by Crippen LogP contribution is -2.24. The first kappa shape index (κ1) is 17.5. The first-order valence-electron chi connectivity index (χ1n) is 7.29. The molecule has 1 heterocycles. The fourth-order valence-electron chi connectivity index (χ4n) is 2.40. The molecule has 0 aliphatic heterocycles. The Morgan fingerprint density at radius 3 is 2.46 bits per heavy atom. The number of aliphatic hydroxyl groups is 1. The SMILES string of the molecule is CCOC(=O)C(CO)n1c(O)cc(Cc2ccc(O)cc2O)c1O. The zero-order valence-corrected chi connectivity index (χ0v) is 13.0. The van der Waals surface area contributed by atoms with Crippen LogP contribution in [0.1, 0.15) is 24.1 Å². The molecule has 1 aromatic heterocycles. The van der Waals surface area contributed by atoms with Crippen LogP contribution in [0.15, 0.2) is 24.3 Å². The normalized spacial score (nSPS) is 12.1. The molecule has 0 fully saturated rings. The van der Waals surface area contributed by atoms with Crippen LogP contribution in [0, 0.1) is 0 Å². The molecule has 0 saturated heterocycles. The molecule has 5 N–H and O–H groups in total. The maximum atomic E-state index is 11.8. The van der Waals surface area contributed by atoms with E-state index in [-0.39, 0.29) is 30.1 Å². The highest BCUT2D eigenvalue weighted by atomic mass is 16.5. The first-order chi connectivity index (χ1) is 11.4. The molecule has 2 aromatic rings. The lowest BCUT2D eigenvalue weighted by Gasteiger charge is -2.17. The predicted octanol–water partition coefficient (Wildman–Crippen LogP) is 0.998. The van der Waals surface area contributed by atoms with Gasteiger partial charge < -0.3 is 30.3 Å². The van der Waals surface area contributed by atoms with Gasteiger partial charge in [0.15, 0.2) is 17.8 Å². The van der Waals surface area contributed by atoms with Crippen molar-refractivity contribution >= 4 is 5.97 Å². The molecule has 0 radical (unpaired) electrons. The molecule has 8 heteroatoms. The lowest BCUT2D eigenvalue weighted by molar-refractivity contribution is -0.148. The zero-order chi connectivity index (χ0) is 17.9. The molecular weight excluding hydrogens is 318 g/mol. The molecule has 130 valence electrons.